The second-order valence-electron chi connectivity index (χ2n) is 8.06. The average molecular weight is 421 g/mol. The molecular formula is C22H28N8O. The summed E-state index contributed by atoms with van der Waals surface area (Å²) in [4.78, 5) is 18.0. The number of nitrogens with one attached hydrogen (secondary N) is 1. The zero-order valence-electron chi connectivity index (χ0n) is 18.0. The van der Waals surface area contributed by atoms with Crippen molar-refractivity contribution in [2.45, 2.75) is 26.3 Å². The molecule has 31 heavy (non-hydrogen) atoms. The highest BCUT2D eigenvalue weighted by Gasteiger charge is 2.29. The fraction of sp³-hybridized carbons (Fsp3) is 0.455. The molecule has 5 rings (SSSR count). The van der Waals surface area contributed by atoms with Gasteiger partial charge in [0.2, 0.25) is 5.95 Å². The molecule has 0 spiro atoms. The number of piperazine rings is 1. The quantitative estimate of drug-likeness (QED) is 0.650. The van der Waals surface area contributed by atoms with Gasteiger partial charge in [0.15, 0.2) is 5.82 Å². The molecule has 9 nitrogen and oxygen atoms in total. The number of rotatable bonds is 6. The maximum atomic E-state index is 5.35. The molecule has 4 heterocycles. The van der Waals surface area contributed by atoms with Gasteiger partial charge in [-0.25, -0.2) is 14.6 Å². The van der Waals surface area contributed by atoms with Crippen molar-refractivity contribution in [3.05, 3.63) is 48.2 Å². The van der Waals surface area contributed by atoms with E-state index in [1.807, 2.05) is 13.0 Å². The number of benzene rings is 1. The van der Waals surface area contributed by atoms with E-state index in [2.05, 4.69) is 60.3 Å². The van der Waals surface area contributed by atoms with Crippen LogP contribution in [0.5, 0.6) is 0 Å². The van der Waals surface area contributed by atoms with Gasteiger partial charge in [0.25, 0.3) is 0 Å². The van der Waals surface area contributed by atoms with Crippen molar-refractivity contribution >= 4 is 17.3 Å². The fourth-order valence-electron chi connectivity index (χ4n) is 4.04. The summed E-state index contributed by atoms with van der Waals surface area (Å²) in [7, 11) is 0. The first kappa shape index (κ1) is 19.9. The smallest absolute Gasteiger partial charge is 0.247 e. The third kappa shape index (κ3) is 4.38. The number of anilines is 3. The van der Waals surface area contributed by atoms with Crippen LogP contribution in [0.1, 0.15) is 18.3 Å². The van der Waals surface area contributed by atoms with Crippen LogP contribution in [0.3, 0.4) is 0 Å². The summed E-state index contributed by atoms with van der Waals surface area (Å²) in [5, 5.41) is 7.90. The van der Waals surface area contributed by atoms with E-state index in [0.717, 1.165) is 51.5 Å². The molecular weight excluding hydrogens is 392 g/mol. The second kappa shape index (κ2) is 8.60. The van der Waals surface area contributed by atoms with Crippen LogP contribution < -0.4 is 10.2 Å². The number of aryl methyl sites for hydroxylation is 2. The molecule has 0 atom stereocenters. The summed E-state index contributed by atoms with van der Waals surface area (Å²) in [6, 6.07) is 9.08. The minimum atomic E-state index is 0.547. The molecule has 3 aromatic rings. The first-order valence-electron chi connectivity index (χ1n) is 10.9. The Kier molecular flexibility index (Phi) is 5.52. The standard InChI is InChI=1S/C22H28N8O/c1-3-17-10-18(26-22-24-15-30(27-22)21-4-5-23-16(2)25-21)12-19(11-17)28-6-8-29(9-7-28)20-13-31-14-20/h4-5,10-12,15,20H,3,6-9,13-14H2,1-2H3,(H,26,27). The summed E-state index contributed by atoms with van der Waals surface area (Å²) in [5.74, 6) is 1.95. The van der Waals surface area contributed by atoms with E-state index >= 15 is 0 Å². The first-order chi connectivity index (χ1) is 15.2. The Morgan fingerprint density at radius 1 is 1.10 bits per heavy atom. The molecule has 2 fully saturated rings. The molecule has 0 bridgehead atoms. The van der Waals surface area contributed by atoms with Crippen molar-refractivity contribution in [2.24, 2.45) is 0 Å². The van der Waals surface area contributed by atoms with Gasteiger partial charge in [-0.1, -0.05) is 6.92 Å². The lowest BCUT2D eigenvalue weighted by Crippen LogP contribution is -2.56. The van der Waals surface area contributed by atoms with Crippen molar-refractivity contribution in [3.8, 4) is 5.82 Å². The van der Waals surface area contributed by atoms with Crippen LogP contribution in [0.25, 0.3) is 5.82 Å². The van der Waals surface area contributed by atoms with Crippen LogP contribution in [0.2, 0.25) is 0 Å². The third-order valence-electron chi connectivity index (χ3n) is 5.95. The maximum absolute atomic E-state index is 5.35. The molecule has 1 aromatic carbocycles. The summed E-state index contributed by atoms with van der Waals surface area (Å²) >= 11 is 0. The Labute approximate surface area is 182 Å². The largest absolute Gasteiger partial charge is 0.378 e. The lowest BCUT2D eigenvalue weighted by atomic mass is 10.1. The molecule has 1 N–H and O–H groups in total. The van der Waals surface area contributed by atoms with Crippen LogP contribution in [0.4, 0.5) is 17.3 Å². The predicted molar refractivity (Wildman–Crippen MR) is 119 cm³/mol. The summed E-state index contributed by atoms with van der Waals surface area (Å²) in [6.07, 6.45) is 4.36. The van der Waals surface area contributed by atoms with Crippen LogP contribution in [-0.2, 0) is 11.2 Å². The lowest BCUT2D eigenvalue weighted by molar-refractivity contribution is -0.0660. The number of ether oxygens (including phenoxy) is 1. The lowest BCUT2D eigenvalue weighted by Gasteiger charge is -2.43. The number of nitrogens with zero attached hydrogens (tertiary/aromatic N) is 7. The Morgan fingerprint density at radius 2 is 1.94 bits per heavy atom. The van der Waals surface area contributed by atoms with Crippen molar-refractivity contribution in [1.82, 2.24) is 29.6 Å². The predicted octanol–water partition coefficient (Wildman–Crippen LogP) is 2.19. The average Bonchev–Trinajstić information content (AvgIpc) is 3.21. The molecule has 2 aliphatic heterocycles. The number of hydrogen-bond donors (Lipinski definition) is 1. The second-order valence-corrected chi connectivity index (χ2v) is 8.06. The highest BCUT2D eigenvalue weighted by molar-refractivity contribution is 5.64. The first-order valence-corrected chi connectivity index (χ1v) is 10.9. The summed E-state index contributed by atoms with van der Waals surface area (Å²) in [6.45, 7) is 10.0. The molecule has 0 amide bonds. The van der Waals surface area contributed by atoms with Crippen molar-refractivity contribution in [1.29, 1.82) is 0 Å². The Morgan fingerprint density at radius 3 is 2.65 bits per heavy atom. The Balaban J connectivity index is 1.31. The highest BCUT2D eigenvalue weighted by atomic mass is 16.5. The highest BCUT2D eigenvalue weighted by Crippen LogP contribution is 2.26. The summed E-state index contributed by atoms with van der Waals surface area (Å²) < 4.78 is 7.01. The van der Waals surface area contributed by atoms with E-state index < -0.39 is 0 Å². The summed E-state index contributed by atoms with van der Waals surface area (Å²) in [5.41, 5.74) is 3.54. The van der Waals surface area contributed by atoms with Gasteiger partial charge in [-0.2, -0.15) is 4.98 Å². The van der Waals surface area contributed by atoms with Crippen LogP contribution in [-0.4, -0.2) is 75.1 Å². The Bertz CT molecular complexity index is 1040. The van der Waals surface area contributed by atoms with Crippen molar-refractivity contribution in [2.75, 3.05) is 49.6 Å². The van der Waals surface area contributed by atoms with Gasteiger partial charge < -0.3 is 15.0 Å². The van der Waals surface area contributed by atoms with Gasteiger partial charge in [-0.05, 0) is 37.1 Å². The normalized spacial score (nSPS) is 17.5. The van der Waals surface area contributed by atoms with Gasteiger partial charge in [0.1, 0.15) is 12.2 Å². The third-order valence-corrected chi connectivity index (χ3v) is 5.95. The minimum Gasteiger partial charge on any atom is -0.378 e. The van der Waals surface area contributed by atoms with Crippen molar-refractivity contribution < 1.29 is 4.74 Å². The van der Waals surface area contributed by atoms with E-state index in [0.29, 0.717) is 23.6 Å². The van der Waals surface area contributed by atoms with Gasteiger partial charge in [-0.15, -0.1) is 5.10 Å². The van der Waals surface area contributed by atoms with Gasteiger partial charge in [0.05, 0.1) is 19.3 Å². The maximum Gasteiger partial charge on any atom is 0.247 e. The Hall–Kier alpha value is -3.04. The molecule has 2 saturated heterocycles. The fourth-order valence-corrected chi connectivity index (χ4v) is 4.04. The molecule has 162 valence electrons. The van der Waals surface area contributed by atoms with Crippen LogP contribution in [0.15, 0.2) is 36.8 Å². The number of aromatic nitrogens is 5. The zero-order valence-corrected chi connectivity index (χ0v) is 18.0. The van der Waals surface area contributed by atoms with Gasteiger partial charge >= 0.3 is 0 Å². The van der Waals surface area contributed by atoms with E-state index in [-0.39, 0.29) is 0 Å². The molecule has 2 aromatic heterocycles. The van der Waals surface area contributed by atoms with Gasteiger partial charge in [0, 0.05) is 49.8 Å². The molecule has 0 radical (unpaired) electrons. The number of hydrogen-bond acceptors (Lipinski definition) is 8. The molecule has 9 heteroatoms. The minimum absolute atomic E-state index is 0.547. The monoisotopic (exact) mass is 420 g/mol. The van der Waals surface area contributed by atoms with E-state index in [1.54, 1.807) is 17.2 Å². The molecule has 2 aliphatic rings. The molecule has 0 aliphatic carbocycles. The molecule has 0 unspecified atom stereocenters. The molecule has 0 saturated carbocycles. The van der Waals surface area contributed by atoms with Gasteiger partial charge in [-0.3, -0.25) is 4.90 Å². The van der Waals surface area contributed by atoms with E-state index in [1.165, 1.54) is 11.3 Å². The van der Waals surface area contributed by atoms with E-state index in [9.17, 15) is 0 Å². The topological polar surface area (TPSA) is 84.2 Å². The van der Waals surface area contributed by atoms with E-state index in [4.69, 9.17) is 4.74 Å². The zero-order chi connectivity index (χ0) is 21.2. The van der Waals surface area contributed by atoms with Crippen LogP contribution in [0, 0.1) is 6.92 Å². The van der Waals surface area contributed by atoms with Crippen molar-refractivity contribution in [3.63, 3.8) is 0 Å². The SMILES string of the molecule is CCc1cc(Nc2ncn(-c3ccnc(C)n3)n2)cc(N2CCN(C3COC3)CC2)c1. The van der Waals surface area contributed by atoms with Crippen LogP contribution >= 0.6 is 0 Å².